The van der Waals surface area contributed by atoms with Crippen LogP contribution < -0.4 is 14.8 Å². The van der Waals surface area contributed by atoms with E-state index in [0.717, 1.165) is 12.1 Å². The molecule has 6 nitrogen and oxygen atoms in total. The molecular formula is C22H21ClF6N2O4. The third kappa shape index (κ3) is 9.02. The number of ether oxygens (including phenoxy) is 3. The van der Waals surface area contributed by atoms with Crippen LogP contribution in [-0.2, 0) is 4.74 Å². The molecule has 1 amide bonds. The van der Waals surface area contributed by atoms with Gasteiger partial charge in [0.1, 0.15) is 17.6 Å². The number of nitrogens with zero attached hydrogens (tertiary/aromatic N) is 1. The second-order valence-corrected chi connectivity index (χ2v) is 8.17. The minimum atomic E-state index is -4.87. The second-order valence-electron chi connectivity index (χ2n) is 7.73. The standard InChI is InChI=1S/C22H21ClF6N2O4/c23-14-6-8-15(9-7-14)30-20(32)34-19(21(24,25)26)13-31-10-2-5-18(12-31)33-16-3-1-4-17(11-16)35-22(27,28)29/h1,3-4,6-9,11,18-19H,2,5,10,12-13H2,(H,30,32)/t18?,19-/m0/s1. The molecule has 1 aliphatic heterocycles. The van der Waals surface area contributed by atoms with E-state index >= 15 is 0 Å². The Kier molecular flexibility index (Phi) is 8.60. The van der Waals surface area contributed by atoms with E-state index in [1.165, 1.54) is 41.3 Å². The Morgan fingerprint density at radius 2 is 1.77 bits per heavy atom. The zero-order chi connectivity index (χ0) is 25.6. The van der Waals surface area contributed by atoms with Gasteiger partial charge in [-0.05, 0) is 55.8 Å². The quantitative estimate of drug-likeness (QED) is 0.431. The molecule has 1 saturated heterocycles. The van der Waals surface area contributed by atoms with Gasteiger partial charge in [0, 0.05) is 29.9 Å². The fourth-order valence-electron chi connectivity index (χ4n) is 3.46. The van der Waals surface area contributed by atoms with E-state index in [1.54, 1.807) is 0 Å². The summed E-state index contributed by atoms with van der Waals surface area (Å²) in [5, 5.41) is 2.60. The van der Waals surface area contributed by atoms with Crippen LogP contribution in [0, 0.1) is 0 Å². The van der Waals surface area contributed by atoms with Crippen molar-refractivity contribution in [3.63, 3.8) is 0 Å². The summed E-state index contributed by atoms with van der Waals surface area (Å²) in [6.45, 7) is -0.278. The summed E-state index contributed by atoms with van der Waals surface area (Å²) < 4.78 is 92.1. The van der Waals surface area contributed by atoms with Gasteiger partial charge in [-0.3, -0.25) is 10.2 Å². The van der Waals surface area contributed by atoms with E-state index in [0.29, 0.717) is 24.4 Å². The largest absolute Gasteiger partial charge is 0.573 e. The summed E-state index contributed by atoms with van der Waals surface area (Å²) in [6, 6.07) is 10.6. The number of piperidine rings is 1. The van der Waals surface area contributed by atoms with Crippen LogP contribution in [-0.4, -0.2) is 55.4 Å². The third-order valence-electron chi connectivity index (χ3n) is 4.93. The number of hydrogen-bond donors (Lipinski definition) is 1. The number of rotatable bonds is 7. The summed E-state index contributed by atoms with van der Waals surface area (Å²) in [7, 11) is 0. The Morgan fingerprint density at radius 1 is 1.09 bits per heavy atom. The highest BCUT2D eigenvalue weighted by Gasteiger charge is 2.44. The normalized spacial score (nSPS) is 18.0. The van der Waals surface area contributed by atoms with Crippen molar-refractivity contribution in [2.24, 2.45) is 0 Å². The molecule has 13 heteroatoms. The number of benzene rings is 2. The first-order valence-electron chi connectivity index (χ1n) is 10.4. The van der Waals surface area contributed by atoms with E-state index in [2.05, 4.69) is 14.8 Å². The van der Waals surface area contributed by atoms with Gasteiger partial charge in [-0.15, -0.1) is 13.2 Å². The highest BCUT2D eigenvalue weighted by Crippen LogP contribution is 2.29. The monoisotopic (exact) mass is 526 g/mol. The molecule has 0 saturated carbocycles. The van der Waals surface area contributed by atoms with Crippen LogP contribution >= 0.6 is 11.6 Å². The summed E-state index contributed by atoms with van der Waals surface area (Å²) in [4.78, 5) is 13.5. The molecule has 0 spiro atoms. The minimum Gasteiger partial charge on any atom is -0.489 e. The number of carbonyl (C=O) groups excluding carboxylic acids is 1. The molecule has 0 bridgehead atoms. The Balaban J connectivity index is 1.58. The molecule has 35 heavy (non-hydrogen) atoms. The van der Waals surface area contributed by atoms with Gasteiger partial charge in [-0.1, -0.05) is 17.7 Å². The molecule has 0 aliphatic carbocycles. The number of carbonyl (C=O) groups is 1. The molecule has 2 atom stereocenters. The maximum Gasteiger partial charge on any atom is 0.573 e. The molecule has 3 rings (SSSR count). The summed E-state index contributed by atoms with van der Waals surface area (Å²) in [5.74, 6) is -0.385. The van der Waals surface area contributed by atoms with Crippen molar-refractivity contribution >= 4 is 23.4 Å². The van der Waals surface area contributed by atoms with Crippen molar-refractivity contribution in [3.8, 4) is 11.5 Å². The topological polar surface area (TPSA) is 60.0 Å². The fourth-order valence-corrected chi connectivity index (χ4v) is 3.59. The molecule has 1 unspecified atom stereocenters. The van der Waals surface area contributed by atoms with Gasteiger partial charge in [0.2, 0.25) is 6.10 Å². The van der Waals surface area contributed by atoms with Crippen LogP contribution in [0.15, 0.2) is 48.5 Å². The van der Waals surface area contributed by atoms with Crippen LogP contribution in [0.3, 0.4) is 0 Å². The molecule has 0 radical (unpaired) electrons. The van der Waals surface area contributed by atoms with Crippen molar-refractivity contribution < 1.29 is 45.3 Å². The number of alkyl halides is 6. The highest BCUT2D eigenvalue weighted by molar-refractivity contribution is 6.30. The van der Waals surface area contributed by atoms with Gasteiger partial charge in [-0.25, -0.2) is 4.79 Å². The Hall–Kier alpha value is -2.86. The van der Waals surface area contributed by atoms with E-state index in [1.807, 2.05) is 0 Å². The van der Waals surface area contributed by atoms with Crippen molar-refractivity contribution in [2.45, 2.75) is 37.6 Å². The zero-order valence-corrected chi connectivity index (χ0v) is 18.8. The van der Waals surface area contributed by atoms with E-state index < -0.39 is 43.1 Å². The lowest BCUT2D eigenvalue weighted by Gasteiger charge is -2.35. The third-order valence-corrected chi connectivity index (χ3v) is 5.19. The highest BCUT2D eigenvalue weighted by atomic mass is 35.5. The minimum absolute atomic E-state index is 0.0547. The Bertz CT molecular complexity index is 987. The molecule has 1 fully saturated rings. The number of amides is 1. The summed E-state index contributed by atoms with van der Waals surface area (Å²) >= 11 is 5.74. The first-order valence-corrected chi connectivity index (χ1v) is 10.8. The van der Waals surface area contributed by atoms with Gasteiger partial charge in [0.25, 0.3) is 0 Å². The SMILES string of the molecule is O=C(Nc1ccc(Cl)cc1)O[C@@H](CN1CCCC(Oc2cccc(OC(F)(F)F)c2)C1)C(F)(F)F. The average Bonchev–Trinajstić information content (AvgIpc) is 2.74. The van der Waals surface area contributed by atoms with E-state index in [-0.39, 0.29) is 18.0 Å². The molecule has 2 aromatic rings. The van der Waals surface area contributed by atoms with Gasteiger partial charge < -0.3 is 14.2 Å². The first-order chi connectivity index (χ1) is 16.4. The number of hydrogen-bond acceptors (Lipinski definition) is 5. The van der Waals surface area contributed by atoms with Crippen LogP contribution in [0.25, 0.3) is 0 Å². The van der Waals surface area contributed by atoms with Crippen molar-refractivity contribution in [3.05, 3.63) is 53.6 Å². The molecule has 1 aliphatic rings. The van der Waals surface area contributed by atoms with Gasteiger partial charge in [0.15, 0.2) is 0 Å². The molecule has 0 aromatic heterocycles. The van der Waals surface area contributed by atoms with Gasteiger partial charge in [-0.2, -0.15) is 13.2 Å². The summed E-state index contributed by atoms with van der Waals surface area (Å²) in [6.07, 6.45) is -13.0. The number of likely N-dealkylation sites (tertiary alicyclic amines) is 1. The fraction of sp³-hybridized carbons (Fsp3) is 0.409. The van der Waals surface area contributed by atoms with Crippen LogP contribution in [0.4, 0.5) is 36.8 Å². The van der Waals surface area contributed by atoms with Crippen LogP contribution in [0.2, 0.25) is 5.02 Å². The number of nitrogens with one attached hydrogen (secondary N) is 1. The maximum absolute atomic E-state index is 13.6. The lowest BCUT2D eigenvalue weighted by Crippen LogP contribution is -2.49. The molecular weight excluding hydrogens is 506 g/mol. The van der Waals surface area contributed by atoms with Crippen LogP contribution in [0.5, 0.6) is 11.5 Å². The lowest BCUT2D eigenvalue weighted by molar-refractivity contribution is -0.274. The Labute approximate surface area is 201 Å². The first kappa shape index (κ1) is 26.7. The predicted octanol–water partition coefficient (Wildman–Crippen LogP) is 6.26. The van der Waals surface area contributed by atoms with Crippen molar-refractivity contribution in [2.75, 3.05) is 25.0 Å². The van der Waals surface area contributed by atoms with Gasteiger partial charge in [0.05, 0.1) is 0 Å². The second kappa shape index (κ2) is 11.3. The number of halogens is 7. The predicted molar refractivity (Wildman–Crippen MR) is 115 cm³/mol. The van der Waals surface area contributed by atoms with Crippen LogP contribution in [0.1, 0.15) is 12.8 Å². The smallest absolute Gasteiger partial charge is 0.489 e. The molecule has 2 aromatic carbocycles. The summed E-state index contributed by atoms with van der Waals surface area (Å²) in [5.41, 5.74) is 0.212. The van der Waals surface area contributed by atoms with Crippen molar-refractivity contribution in [1.29, 1.82) is 0 Å². The van der Waals surface area contributed by atoms with Gasteiger partial charge >= 0.3 is 18.6 Å². The average molecular weight is 527 g/mol. The van der Waals surface area contributed by atoms with Crippen molar-refractivity contribution in [1.82, 2.24) is 4.90 Å². The molecule has 1 heterocycles. The van der Waals surface area contributed by atoms with E-state index in [4.69, 9.17) is 16.3 Å². The Morgan fingerprint density at radius 3 is 2.43 bits per heavy atom. The van der Waals surface area contributed by atoms with E-state index in [9.17, 15) is 31.1 Å². The zero-order valence-electron chi connectivity index (χ0n) is 18.0. The molecule has 192 valence electrons. The maximum atomic E-state index is 13.6. The lowest BCUT2D eigenvalue weighted by atomic mass is 10.1. The molecule has 1 N–H and O–H groups in total. The number of anilines is 1.